The van der Waals surface area contributed by atoms with E-state index in [2.05, 4.69) is 20.9 Å². The summed E-state index contributed by atoms with van der Waals surface area (Å²) in [6.07, 6.45) is 5.46. The Balaban J connectivity index is 1.41. The molecule has 0 aliphatic rings. The van der Waals surface area contributed by atoms with E-state index in [-0.39, 0.29) is 5.91 Å². The molecule has 35 heavy (non-hydrogen) atoms. The predicted molar refractivity (Wildman–Crippen MR) is 140 cm³/mol. The molecule has 3 aromatic heterocycles. The van der Waals surface area contributed by atoms with Crippen LogP contribution in [0, 0.1) is 0 Å². The van der Waals surface area contributed by atoms with Gasteiger partial charge in [-0.25, -0.2) is 4.98 Å². The Kier molecular flexibility index (Phi) is 6.87. The second kappa shape index (κ2) is 10.5. The first kappa shape index (κ1) is 22.8. The van der Waals surface area contributed by atoms with E-state index in [0.717, 1.165) is 39.4 Å². The molecule has 0 unspecified atom stereocenters. The van der Waals surface area contributed by atoms with Gasteiger partial charge in [-0.05, 0) is 42.3 Å². The number of aryl methyl sites for hydroxylation is 1. The fourth-order valence-corrected chi connectivity index (χ4v) is 4.46. The molecular weight excluding hydrogens is 456 g/mol. The summed E-state index contributed by atoms with van der Waals surface area (Å²) in [5.41, 5.74) is 6.69. The number of aromatic nitrogens is 3. The van der Waals surface area contributed by atoms with Crippen molar-refractivity contribution in [1.29, 1.82) is 0 Å². The van der Waals surface area contributed by atoms with Crippen molar-refractivity contribution in [2.24, 2.45) is 0 Å². The molecule has 5 nitrogen and oxygen atoms in total. The number of carbonyl (C=O) groups is 1. The van der Waals surface area contributed by atoms with Crippen molar-refractivity contribution >= 4 is 23.2 Å². The van der Waals surface area contributed by atoms with Crippen LogP contribution in [0.15, 0.2) is 97.3 Å². The molecular formula is C29H25ClN4O. The van der Waals surface area contributed by atoms with Gasteiger partial charge in [-0.3, -0.25) is 9.78 Å². The van der Waals surface area contributed by atoms with Crippen molar-refractivity contribution < 1.29 is 4.79 Å². The van der Waals surface area contributed by atoms with E-state index in [9.17, 15) is 4.79 Å². The summed E-state index contributed by atoms with van der Waals surface area (Å²) in [6, 6.07) is 27.7. The monoisotopic (exact) mass is 480 g/mol. The number of imidazole rings is 1. The van der Waals surface area contributed by atoms with Gasteiger partial charge >= 0.3 is 0 Å². The minimum atomic E-state index is 0.0113. The molecule has 5 aromatic rings. The molecule has 0 saturated heterocycles. The van der Waals surface area contributed by atoms with E-state index in [4.69, 9.17) is 16.6 Å². The first-order chi connectivity index (χ1) is 17.2. The first-order valence-corrected chi connectivity index (χ1v) is 12.0. The van der Waals surface area contributed by atoms with E-state index in [1.165, 1.54) is 0 Å². The van der Waals surface area contributed by atoms with Gasteiger partial charge in [0, 0.05) is 53.6 Å². The number of nitrogens with one attached hydrogen (secondary N) is 1. The minimum absolute atomic E-state index is 0.0113. The molecule has 0 atom stereocenters. The van der Waals surface area contributed by atoms with Crippen molar-refractivity contribution in [2.45, 2.75) is 19.3 Å². The van der Waals surface area contributed by atoms with Crippen molar-refractivity contribution in [1.82, 2.24) is 19.7 Å². The molecule has 0 radical (unpaired) electrons. The minimum Gasteiger partial charge on any atom is -0.356 e. The van der Waals surface area contributed by atoms with E-state index < -0.39 is 0 Å². The second-order valence-electron chi connectivity index (χ2n) is 8.32. The van der Waals surface area contributed by atoms with E-state index >= 15 is 0 Å². The molecule has 1 amide bonds. The normalized spacial score (nSPS) is 11.0. The summed E-state index contributed by atoms with van der Waals surface area (Å²) in [7, 11) is 0. The zero-order valence-corrected chi connectivity index (χ0v) is 19.9. The van der Waals surface area contributed by atoms with Crippen LogP contribution in [-0.4, -0.2) is 26.8 Å². The number of benzene rings is 2. The first-order valence-electron chi connectivity index (χ1n) is 11.7. The summed E-state index contributed by atoms with van der Waals surface area (Å²) in [4.78, 5) is 21.9. The van der Waals surface area contributed by atoms with Crippen LogP contribution in [0.3, 0.4) is 0 Å². The molecule has 0 fully saturated rings. The molecule has 0 aliphatic heterocycles. The van der Waals surface area contributed by atoms with Gasteiger partial charge in [0.05, 0.1) is 11.4 Å². The summed E-state index contributed by atoms with van der Waals surface area (Å²) in [6.45, 7) is 0.561. The lowest BCUT2D eigenvalue weighted by atomic mass is 10.1. The standard InChI is InChI=1S/C29H25ClN4O/c30-25-12-5-4-11-24(25)22-13-15-27-33-29(21-8-2-1-3-9-21)26(34(27)20-22)14-16-28(35)32-19-17-23-10-6-7-18-31-23/h1-13,15,18,20H,14,16-17,19H2,(H,32,35). The Labute approximate surface area is 209 Å². The number of rotatable bonds is 8. The van der Waals surface area contributed by atoms with Gasteiger partial charge in [0.15, 0.2) is 0 Å². The quantitative estimate of drug-likeness (QED) is 0.296. The van der Waals surface area contributed by atoms with Crippen molar-refractivity contribution in [3.8, 4) is 22.4 Å². The molecule has 3 heterocycles. The van der Waals surface area contributed by atoms with Gasteiger partial charge in [0.2, 0.25) is 5.91 Å². The van der Waals surface area contributed by atoms with E-state index in [1.807, 2.05) is 84.9 Å². The van der Waals surface area contributed by atoms with Gasteiger partial charge < -0.3 is 9.72 Å². The lowest BCUT2D eigenvalue weighted by molar-refractivity contribution is -0.121. The highest BCUT2D eigenvalue weighted by Crippen LogP contribution is 2.31. The van der Waals surface area contributed by atoms with Crippen molar-refractivity contribution in [3.05, 3.63) is 114 Å². The Morgan fingerprint density at radius 2 is 1.66 bits per heavy atom. The lowest BCUT2D eigenvalue weighted by Gasteiger charge is -2.09. The summed E-state index contributed by atoms with van der Waals surface area (Å²) in [5.74, 6) is 0.0113. The van der Waals surface area contributed by atoms with E-state index in [0.29, 0.717) is 30.8 Å². The smallest absolute Gasteiger partial charge is 0.220 e. The zero-order valence-electron chi connectivity index (χ0n) is 19.2. The highest BCUT2D eigenvalue weighted by atomic mass is 35.5. The van der Waals surface area contributed by atoms with Crippen LogP contribution in [-0.2, 0) is 17.6 Å². The topological polar surface area (TPSA) is 59.3 Å². The molecule has 6 heteroatoms. The third-order valence-corrected chi connectivity index (χ3v) is 6.30. The number of carbonyl (C=O) groups excluding carboxylic acids is 1. The number of halogens is 1. The summed E-state index contributed by atoms with van der Waals surface area (Å²) in [5, 5.41) is 3.72. The number of hydrogen-bond acceptors (Lipinski definition) is 3. The Bertz CT molecular complexity index is 1450. The van der Waals surface area contributed by atoms with Gasteiger partial charge in [0.1, 0.15) is 5.65 Å². The third-order valence-electron chi connectivity index (χ3n) is 5.97. The maximum atomic E-state index is 12.7. The van der Waals surface area contributed by atoms with Gasteiger partial charge in [0.25, 0.3) is 0 Å². The average molecular weight is 481 g/mol. The van der Waals surface area contributed by atoms with E-state index in [1.54, 1.807) is 6.20 Å². The zero-order chi connectivity index (χ0) is 24.0. The third kappa shape index (κ3) is 5.26. The Morgan fingerprint density at radius 1 is 0.857 bits per heavy atom. The van der Waals surface area contributed by atoms with Crippen LogP contribution in [0.5, 0.6) is 0 Å². The largest absolute Gasteiger partial charge is 0.356 e. The van der Waals surface area contributed by atoms with Gasteiger partial charge in [-0.15, -0.1) is 0 Å². The number of hydrogen-bond donors (Lipinski definition) is 1. The molecule has 174 valence electrons. The van der Waals surface area contributed by atoms with Crippen LogP contribution in [0.1, 0.15) is 17.8 Å². The number of fused-ring (bicyclic) bond motifs is 1. The number of nitrogens with zero attached hydrogens (tertiary/aromatic N) is 3. The van der Waals surface area contributed by atoms with Gasteiger partial charge in [-0.2, -0.15) is 0 Å². The molecule has 0 aliphatic carbocycles. The Hall–Kier alpha value is -3.96. The molecule has 2 aromatic carbocycles. The van der Waals surface area contributed by atoms with Gasteiger partial charge in [-0.1, -0.05) is 66.2 Å². The fraction of sp³-hybridized carbons (Fsp3) is 0.138. The summed E-state index contributed by atoms with van der Waals surface area (Å²) >= 11 is 6.46. The predicted octanol–water partition coefficient (Wildman–Crippen LogP) is 6.01. The molecule has 0 spiro atoms. The highest BCUT2D eigenvalue weighted by molar-refractivity contribution is 6.33. The van der Waals surface area contributed by atoms with Crippen LogP contribution in [0.4, 0.5) is 0 Å². The molecule has 0 bridgehead atoms. The fourth-order valence-electron chi connectivity index (χ4n) is 4.21. The van der Waals surface area contributed by atoms with Crippen LogP contribution < -0.4 is 5.32 Å². The second-order valence-corrected chi connectivity index (χ2v) is 8.73. The SMILES string of the molecule is O=C(CCc1c(-c2ccccc2)nc2ccc(-c3ccccc3Cl)cn12)NCCc1ccccn1. The van der Waals surface area contributed by atoms with Crippen LogP contribution in [0.25, 0.3) is 28.0 Å². The number of amides is 1. The average Bonchev–Trinajstić information content (AvgIpc) is 3.27. The highest BCUT2D eigenvalue weighted by Gasteiger charge is 2.16. The van der Waals surface area contributed by atoms with Crippen LogP contribution >= 0.6 is 11.6 Å². The van der Waals surface area contributed by atoms with Crippen LogP contribution in [0.2, 0.25) is 5.02 Å². The molecule has 0 saturated carbocycles. The summed E-state index contributed by atoms with van der Waals surface area (Å²) < 4.78 is 2.09. The Morgan fingerprint density at radius 3 is 2.46 bits per heavy atom. The lowest BCUT2D eigenvalue weighted by Crippen LogP contribution is -2.26. The van der Waals surface area contributed by atoms with Crippen molar-refractivity contribution in [2.75, 3.05) is 6.54 Å². The van der Waals surface area contributed by atoms with Crippen molar-refractivity contribution in [3.63, 3.8) is 0 Å². The maximum Gasteiger partial charge on any atom is 0.220 e. The molecule has 1 N–H and O–H groups in total. The number of pyridine rings is 2. The molecule has 5 rings (SSSR count). The maximum absolute atomic E-state index is 12.7.